The number of amides is 1. The third kappa shape index (κ3) is 12.3. The van der Waals surface area contributed by atoms with Crippen LogP contribution in [0.2, 0.25) is 0 Å². The molecule has 1 heterocycles. The fourth-order valence-corrected chi connectivity index (χ4v) is 3.78. The first kappa shape index (κ1) is 30.8. The van der Waals surface area contributed by atoms with Gasteiger partial charge in [0.1, 0.15) is 31.5 Å². The van der Waals surface area contributed by atoms with E-state index in [1.54, 1.807) is 0 Å². The van der Waals surface area contributed by atoms with E-state index in [4.69, 9.17) is 23.7 Å². The first-order valence-electron chi connectivity index (χ1n) is 12.2. The van der Waals surface area contributed by atoms with E-state index in [9.17, 15) is 19.2 Å². The average Bonchev–Trinajstić information content (AvgIpc) is 2.79. The summed E-state index contributed by atoms with van der Waals surface area (Å²) in [6.45, 7) is 5.59. The van der Waals surface area contributed by atoms with Gasteiger partial charge in [-0.2, -0.15) is 0 Å². The SMILES string of the molecule is CCCCCCCCCO[C@@H]1O[C@H](COC(C)=O)[C@H](OC(C)=O)[C@@H](OCC(=O)OC)[C@@H]1NC(C)=O. The van der Waals surface area contributed by atoms with E-state index in [0.717, 1.165) is 19.3 Å². The molecule has 1 aliphatic heterocycles. The summed E-state index contributed by atoms with van der Waals surface area (Å²) in [5.41, 5.74) is 0. The molecular formula is C24H41NO10. The molecule has 0 unspecified atom stereocenters. The van der Waals surface area contributed by atoms with Gasteiger partial charge in [-0.1, -0.05) is 45.4 Å². The molecule has 0 bridgehead atoms. The van der Waals surface area contributed by atoms with Gasteiger partial charge in [-0.3, -0.25) is 14.4 Å². The number of hydrogen-bond acceptors (Lipinski definition) is 10. The van der Waals surface area contributed by atoms with E-state index in [-0.39, 0.29) is 6.61 Å². The van der Waals surface area contributed by atoms with Crippen LogP contribution in [0.3, 0.4) is 0 Å². The van der Waals surface area contributed by atoms with E-state index < -0.39 is 61.1 Å². The lowest BCUT2D eigenvalue weighted by Crippen LogP contribution is -2.66. The second-order valence-electron chi connectivity index (χ2n) is 8.49. The van der Waals surface area contributed by atoms with Gasteiger partial charge in [0.2, 0.25) is 5.91 Å². The molecule has 1 fully saturated rings. The molecule has 1 amide bonds. The van der Waals surface area contributed by atoms with Gasteiger partial charge in [-0.05, 0) is 6.42 Å². The first-order valence-corrected chi connectivity index (χ1v) is 12.2. The van der Waals surface area contributed by atoms with Crippen LogP contribution in [0.1, 0.15) is 72.6 Å². The number of methoxy groups -OCH3 is 1. The molecule has 11 heteroatoms. The first-order chi connectivity index (χ1) is 16.7. The monoisotopic (exact) mass is 503 g/mol. The van der Waals surface area contributed by atoms with Crippen LogP contribution >= 0.6 is 0 Å². The van der Waals surface area contributed by atoms with Crippen molar-refractivity contribution in [2.75, 3.05) is 26.9 Å². The van der Waals surface area contributed by atoms with Crippen LogP contribution in [-0.4, -0.2) is 81.4 Å². The standard InChI is InChI=1S/C24H41NO10/c1-6-7-8-9-10-11-12-13-31-24-21(25-16(2)26)23(33-15-20(29)30-5)22(34-18(4)28)19(35-24)14-32-17(3)27/h19,21-24H,6-15H2,1-5H3,(H,25,26)/t19-,21+,22+,23+,24-/m1/s1. The Morgan fingerprint density at radius 2 is 1.51 bits per heavy atom. The van der Waals surface area contributed by atoms with Crippen LogP contribution in [0.25, 0.3) is 0 Å². The normalized spacial score (nSPS) is 23.9. The predicted molar refractivity (Wildman–Crippen MR) is 124 cm³/mol. The van der Waals surface area contributed by atoms with Gasteiger partial charge >= 0.3 is 17.9 Å². The summed E-state index contributed by atoms with van der Waals surface area (Å²) in [6, 6.07) is -0.903. The summed E-state index contributed by atoms with van der Waals surface area (Å²) in [5, 5.41) is 2.72. The Hall–Kier alpha value is -2.24. The number of rotatable bonds is 16. The van der Waals surface area contributed by atoms with Gasteiger partial charge in [0.15, 0.2) is 12.4 Å². The lowest BCUT2D eigenvalue weighted by Gasteiger charge is -2.45. The molecule has 35 heavy (non-hydrogen) atoms. The summed E-state index contributed by atoms with van der Waals surface area (Å²) in [4.78, 5) is 47.0. The highest BCUT2D eigenvalue weighted by atomic mass is 16.7. The molecule has 1 rings (SSSR count). The second-order valence-corrected chi connectivity index (χ2v) is 8.49. The van der Waals surface area contributed by atoms with Crippen molar-refractivity contribution in [2.24, 2.45) is 0 Å². The molecule has 1 N–H and O–H groups in total. The van der Waals surface area contributed by atoms with Gasteiger partial charge in [-0.25, -0.2) is 4.79 Å². The molecule has 202 valence electrons. The number of carbonyl (C=O) groups excluding carboxylic acids is 4. The topological polar surface area (TPSA) is 136 Å². The highest BCUT2D eigenvalue weighted by Crippen LogP contribution is 2.28. The molecule has 0 spiro atoms. The molecule has 1 aliphatic rings. The minimum Gasteiger partial charge on any atom is -0.467 e. The van der Waals surface area contributed by atoms with Crippen molar-refractivity contribution in [1.82, 2.24) is 5.32 Å². The number of ether oxygens (including phenoxy) is 6. The molecule has 11 nitrogen and oxygen atoms in total. The third-order valence-corrected chi connectivity index (χ3v) is 5.42. The molecule has 0 saturated carbocycles. The Morgan fingerprint density at radius 3 is 2.09 bits per heavy atom. The molecule has 0 aromatic heterocycles. The van der Waals surface area contributed by atoms with E-state index in [0.29, 0.717) is 6.61 Å². The van der Waals surface area contributed by atoms with Gasteiger partial charge in [0.25, 0.3) is 0 Å². The maximum atomic E-state index is 12.0. The summed E-state index contributed by atoms with van der Waals surface area (Å²) in [5.74, 6) is -2.24. The fraction of sp³-hybridized carbons (Fsp3) is 0.833. The fourth-order valence-electron chi connectivity index (χ4n) is 3.78. The Morgan fingerprint density at radius 1 is 0.857 bits per heavy atom. The van der Waals surface area contributed by atoms with Crippen LogP contribution in [-0.2, 0) is 47.6 Å². The number of esters is 3. The van der Waals surface area contributed by atoms with Crippen LogP contribution in [0, 0.1) is 0 Å². The maximum absolute atomic E-state index is 12.0. The van der Waals surface area contributed by atoms with Crippen molar-refractivity contribution >= 4 is 23.8 Å². The summed E-state index contributed by atoms with van der Waals surface area (Å²) in [6.07, 6.45) is 3.59. The second kappa shape index (κ2) is 17.2. The highest BCUT2D eigenvalue weighted by molar-refractivity contribution is 5.73. The molecule has 0 aromatic carbocycles. The van der Waals surface area contributed by atoms with Crippen LogP contribution in [0.5, 0.6) is 0 Å². The van der Waals surface area contributed by atoms with Gasteiger partial charge in [0, 0.05) is 27.4 Å². The van der Waals surface area contributed by atoms with Gasteiger partial charge in [-0.15, -0.1) is 0 Å². The number of nitrogens with one attached hydrogen (secondary N) is 1. The van der Waals surface area contributed by atoms with E-state index >= 15 is 0 Å². The van der Waals surface area contributed by atoms with Crippen molar-refractivity contribution in [3.8, 4) is 0 Å². The zero-order valence-corrected chi connectivity index (χ0v) is 21.5. The number of hydrogen-bond donors (Lipinski definition) is 1. The minimum absolute atomic E-state index is 0.241. The van der Waals surface area contributed by atoms with Crippen LogP contribution < -0.4 is 5.32 Å². The molecule has 0 radical (unpaired) electrons. The smallest absolute Gasteiger partial charge is 0.331 e. The number of carbonyl (C=O) groups is 4. The molecule has 1 saturated heterocycles. The van der Waals surface area contributed by atoms with Crippen LogP contribution in [0.4, 0.5) is 0 Å². The molecule has 0 aromatic rings. The quantitative estimate of drug-likeness (QED) is 0.189. The highest BCUT2D eigenvalue weighted by Gasteiger charge is 2.50. The zero-order valence-electron chi connectivity index (χ0n) is 21.5. The van der Waals surface area contributed by atoms with E-state index in [1.165, 1.54) is 53.6 Å². The van der Waals surface area contributed by atoms with Crippen molar-refractivity contribution in [3.05, 3.63) is 0 Å². The van der Waals surface area contributed by atoms with Gasteiger partial charge < -0.3 is 33.7 Å². The van der Waals surface area contributed by atoms with Crippen molar-refractivity contribution in [3.63, 3.8) is 0 Å². The zero-order chi connectivity index (χ0) is 26.2. The average molecular weight is 504 g/mol. The van der Waals surface area contributed by atoms with E-state index in [2.05, 4.69) is 17.0 Å². The lowest BCUT2D eigenvalue weighted by atomic mass is 9.96. The minimum atomic E-state index is -1.09. The summed E-state index contributed by atoms with van der Waals surface area (Å²) >= 11 is 0. The Kier molecular flexibility index (Phi) is 15.2. The van der Waals surface area contributed by atoms with Crippen LogP contribution in [0.15, 0.2) is 0 Å². The van der Waals surface area contributed by atoms with E-state index in [1.807, 2.05) is 0 Å². The molecule has 5 atom stereocenters. The van der Waals surface area contributed by atoms with Crippen molar-refractivity contribution < 1.29 is 47.6 Å². The van der Waals surface area contributed by atoms with Crippen molar-refractivity contribution in [2.45, 2.75) is 103 Å². The number of unbranched alkanes of at least 4 members (excludes halogenated alkanes) is 6. The van der Waals surface area contributed by atoms with Gasteiger partial charge in [0.05, 0.1) is 7.11 Å². The predicted octanol–water partition coefficient (Wildman–Crippen LogP) is 2.04. The summed E-state index contributed by atoms with van der Waals surface area (Å²) in [7, 11) is 1.21. The third-order valence-electron chi connectivity index (χ3n) is 5.42. The maximum Gasteiger partial charge on any atom is 0.331 e. The molecular weight excluding hydrogens is 462 g/mol. The summed E-state index contributed by atoms with van der Waals surface area (Å²) < 4.78 is 32.9. The largest absolute Gasteiger partial charge is 0.467 e. The Labute approximate surface area is 207 Å². The molecule has 0 aliphatic carbocycles. The lowest BCUT2D eigenvalue weighted by molar-refractivity contribution is -0.281. The Bertz CT molecular complexity index is 671. The Balaban J connectivity index is 3.01. The van der Waals surface area contributed by atoms with Crippen molar-refractivity contribution in [1.29, 1.82) is 0 Å².